The molecule has 5 heteroatoms. The molecule has 0 radical (unpaired) electrons. The lowest BCUT2D eigenvalue weighted by Gasteiger charge is -2.01. The fraction of sp³-hybridized carbons (Fsp3) is 0. The van der Waals surface area contributed by atoms with Crippen LogP contribution in [0.5, 0.6) is 0 Å². The number of hydrogen-bond acceptors (Lipinski definition) is 2. The summed E-state index contributed by atoms with van der Waals surface area (Å²) in [5.74, 6) is -0.536. The van der Waals surface area contributed by atoms with E-state index in [1.165, 1.54) is 24.3 Å². The highest BCUT2D eigenvalue weighted by Gasteiger charge is 2.17. The van der Waals surface area contributed by atoms with Crippen LogP contribution in [0.1, 0.15) is 16.1 Å². The molecule has 3 aromatic rings. The third kappa shape index (κ3) is 2.37. The van der Waals surface area contributed by atoms with Crippen molar-refractivity contribution in [3.05, 3.63) is 69.1 Å². The maximum atomic E-state index is 13.1. The average molecular weight is 354 g/mol. The largest absolute Gasteiger partial charge is 0.453 e. The third-order valence-electron chi connectivity index (χ3n) is 2.88. The molecule has 0 aliphatic heterocycles. The van der Waals surface area contributed by atoms with Gasteiger partial charge in [0.2, 0.25) is 5.78 Å². The van der Waals surface area contributed by atoms with E-state index in [-0.39, 0.29) is 17.4 Å². The number of carbonyl (C=O) groups excluding carboxylic acids is 1. The van der Waals surface area contributed by atoms with Gasteiger partial charge in [-0.05, 0) is 42.5 Å². The highest BCUT2D eigenvalue weighted by molar-refractivity contribution is 9.10. The van der Waals surface area contributed by atoms with E-state index in [0.717, 1.165) is 0 Å². The second kappa shape index (κ2) is 5.04. The second-order valence-corrected chi connectivity index (χ2v) is 5.54. The van der Waals surface area contributed by atoms with Crippen LogP contribution in [0.2, 0.25) is 5.02 Å². The molecule has 1 aromatic heterocycles. The van der Waals surface area contributed by atoms with Gasteiger partial charge >= 0.3 is 0 Å². The predicted molar refractivity (Wildman–Crippen MR) is 78.8 cm³/mol. The van der Waals surface area contributed by atoms with E-state index < -0.39 is 0 Å². The molecule has 0 spiro atoms. The Labute approximate surface area is 127 Å². The standard InChI is InChI=1S/C15H7BrClFO2/c16-12-3-1-9(17)7-11(12)15(19)14-6-8-5-10(18)2-4-13(8)20-14/h1-7H. The molecule has 0 aliphatic carbocycles. The number of benzene rings is 2. The van der Waals surface area contributed by atoms with E-state index in [0.29, 0.717) is 26.0 Å². The quantitative estimate of drug-likeness (QED) is 0.591. The minimum atomic E-state index is -0.374. The first kappa shape index (κ1) is 13.3. The number of rotatable bonds is 2. The molecule has 0 atom stereocenters. The van der Waals surface area contributed by atoms with Crippen LogP contribution in [0.15, 0.2) is 51.4 Å². The number of hydrogen-bond donors (Lipinski definition) is 0. The summed E-state index contributed by atoms with van der Waals surface area (Å²) in [6, 6.07) is 10.6. The van der Waals surface area contributed by atoms with Crippen molar-refractivity contribution < 1.29 is 13.6 Å². The van der Waals surface area contributed by atoms with Crippen molar-refractivity contribution in [2.75, 3.05) is 0 Å². The van der Waals surface area contributed by atoms with Crippen LogP contribution in [0.4, 0.5) is 4.39 Å². The van der Waals surface area contributed by atoms with Crippen molar-refractivity contribution in [2.45, 2.75) is 0 Å². The van der Waals surface area contributed by atoms with Gasteiger partial charge in [-0.1, -0.05) is 27.5 Å². The number of fused-ring (bicyclic) bond motifs is 1. The molecule has 0 N–H and O–H groups in total. The summed E-state index contributed by atoms with van der Waals surface area (Å²) in [6.07, 6.45) is 0. The van der Waals surface area contributed by atoms with Crippen LogP contribution in [0.25, 0.3) is 11.0 Å². The van der Waals surface area contributed by atoms with E-state index in [2.05, 4.69) is 15.9 Å². The first-order valence-corrected chi connectivity index (χ1v) is 6.90. The summed E-state index contributed by atoms with van der Waals surface area (Å²) >= 11 is 9.20. The van der Waals surface area contributed by atoms with Gasteiger partial charge in [-0.25, -0.2) is 4.39 Å². The Bertz CT molecular complexity index is 826. The molecule has 0 saturated carbocycles. The highest BCUT2D eigenvalue weighted by atomic mass is 79.9. The molecular formula is C15H7BrClFO2. The van der Waals surface area contributed by atoms with Crippen LogP contribution in [-0.2, 0) is 0 Å². The smallest absolute Gasteiger partial charge is 0.229 e. The summed E-state index contributed by atoms with van der Waals surface area (Å²) in [5, 5.41) is 1.00. The molecule has 0 fully saturated rings. The van der Waals surface area contributed by atoms with Crippen molar-refractivity contribution in [3.8, 4) is 0 Å². The zero-order valence-electron chi connectivity index (χ0n) is 9.99. The lowest BCUT2D eigenvalue weighted by atomic mass is 10.1. The SMILES string of the molecule is O=C(c1cc2cc(F)ccc2o1)c1cc(Cl)ccc1Br. The molecule has 2 nitrogen and oxygen atoms in total. The molecular weight excluding hydrogens is 347 g/mol. The summed E-state index contributed by atoms with van der Waals surface area (Å²) in [6.45, 7) is 0. The van der Waals surface area contributed by atoms with Gasteiger partial charge in [0.15, 0.2) is 5.76 Å². The Kier molecular flexibility index (Phi) is 3.36. The maximum absolute atomic E-state index is 13.1. The number of ketones is 1. The maximum Gasteiger partial charge on any atom is 0.229 e. The van der Waals surface area contributed by atoms with E-state index in [1.807, 2.05) is 0 Å². The minimum Gasteiger partial charge on any atom is -0.453 e. The molecule has 1 heterocycles. The molecule has 0 aliphatic rings. The van der Waals surface area contributed by atoms with Crippen LogP contribution >= 0.6 is 27.5 Å². The van der Waals surface area contributed by atoms with Crippen molar-refractivity contribution in [2.24, 2.45) is 0 Å². The van der Waals surface area contributed by atoms with Gasteiger partial charge in [-0.3, -0.25) is 4.79 Å². The van der Waals surface area contributed by atoms with Gasteiger partial charge in [0.25, 0.3) is 0 Å². The Morgan fingerprint density at radius 3 is 2.75 bits per heavy atom. The third-order valence-corrected chi connectivity index (χ3v) is 3.80. The van der Waals surface area contributed by atoms with Gasteiger partial charge in [-0.2, -0.15) is 0 Å². The Morgan fingerprint density at radius 1 is 1.15 bits per heavy atom. The summed E-state index contributed by atoms with van der Waals surface area (Å²) in [7, 11) is 0. The molecule has 0 unspecified atom stereocenters. The van der Waals surface area contributed by atoms with E-state index in [9.17, 15) is 9.18 Å². The van der Waals surface area contributed by atoms with Crippen LogP contribution in [0, 0.1) is 5.82 Å². The highest BCUT2D eigenvalue weighted by Crippen LogP contribution is 2.27. The lowest BCUT2D eigenvalue weighted by Crippen LogP contribution is -2.00. The summed E-state index contributed by atoms with van der Waals surface area (Å²) in [5.41, 5.74) is 0.866. The molecule has 0 amide bonds. The van der Waals surface area contributed by atoms with Crippen molar-refractivity contribution >= 4 is 44.3 Å². The summed E-state index contributed by atoms with van der Waals surface area (Å²) < 4.78 is 19.2. The number of halogens is 3. The summed E-state index contributed by atoms with van der Waals surface area (Å²) in [4.78, 5) is 12.4. The van der Waals surface area contributed by atoms with Crippen LogP contribution < -0.4 is 0 Å². The Morgan fingerprint density at radius 2 is 1.95 bits per heavy atom. The van der Waals surface area contributed by atoms with Crippen molar-refractivity contribution in [1.29, 1.82) is 0 Å². The molecule has 3 rings (SSSR count). The van der Waals surface area contributed by atoms with E-state index in [4.69, 9.17) is 16.0 Å². The zero-order chi connectivity index (χ0) is 14.3. The lowest BCUT2D eigenvalue weighted by molar-refractivity contribution is 0.101. The fourth-order valence-corrected chi connectivity index (χ4v) is 2.53. The van der Waals surface area contributed by atoms with Crippen LogP contribution in [-0.4, -0.2) is 5.78 Å². The first-order valence-electron chi connectivity index (χ1n) is 5.73. The molecule has 100 valence electrons. The fourth-order valence-electron chi connectivity index (χ4n) is 1.93. The van der Waals surface area contributed by atoms with Crippen LogP contribution in [0.3, 0.4) is 0 Å². The van der Waals surface area contributed by atoms with Gasteiger partial charge in [0.1, 0.15) is 11.4 Å². The second-order valence-electron chi connectivity index (χ2n) is 4.25. The molecule has 20 heavy (non-hydrogen) atoms. The molecule has 0 saturated heterocycles. The van der Waals surface area contributed by atoms with Gasteiger partial charge in [-0.15, -0.1) is 0 Å². The Hall–Kier alpha value is -1.65. The van der Waals surface area contributed by atoms with Gasteiger partial charge in [0, 0.05) is 20.4 Å². The van der Waals surface area contributed by atoms with E-state index >= 15 is 0 Å². The van der Waals surface area contributed by atoms with Crippen molar-refractivity contribution in [1.82, 2.24) is 0 Å². The van der Waals surface area contributed by atoms with Crippen molar-refractivity contribution in [3.63, 3.8) is 0 Å². The number of furan rings is 1. The number of carbonyl (C=O) groups is 1. The normalized spacial score (nSPS) is 10.9. The average Bonchev–Trinajstić information content (AvgIpc) is 2.83. The molecule has 0 bridgehead atoms. The first-order chi connectivity index (χ1) is 9.54. The molecule has 2 aromatic carbocycles. The monoisotopic (exact) mass is 352 g/mol. The minimum absolute atomic E-state index is 0.147. The van der Waals surface area contributed by atoms with E-state index in [1.54, 1.807) is 18.2 Å². The predicted octanol–water partition coefficient (Wildman–Crippen LogP) is 5.22. The topological polar surface area (TPSA) is 30.2 Å². The Balaban J connectivity index is 2.10. The zero-order valence-corrected chi connectivity index (χ0v) is 12.3. The van der Waals surface area contributed by atoms with Gasteiger partial charge < -0.3 is 4.42 Å². The van der Waals surface area contributed by atoms with Gasteiger partial charge in [0.05, 0.1) is 0 Å².